The van der Waals surface area contributed by atoms with E-state index in [0.717, 1.165) is 12.8 Å². The zero-order chi connectivity index (χ0) is 13.2. The Balaban J connectivity index is 0.00000147. The number of carbonyl (C=O) groups is 1. The first-order valence-electron chi connectivity index (χ1n) is 6.29. The van der Waals surface area contributed by atoms with Crippen LogP contribution in [0.2, 0.25) is 0 Å². The van der Waals surface area contributed by atoms with Gasteiger partial charge in [0, 0.05) is 10.9 Å². The highest BCUT2D eigenvalue weighted by molar-refractivity contribution is 7.09. The molecule has 2 aromatic heterocycles. The number of pyridine rings is 1. The molecule has 2 aromatic rings. The molecule has 1 fully saturated rings. The number of aromatic nitrogens is 1. The fourth-order valence-corrected chi connectivity index (χ4v) is 2.71. The Bertz CT molecular complexity index is 567. The van der Waals surface area contributed by atoms with Gasteiger partial charge in [-0.2, -0.15) is 0 Å². The Kier molecular flexibility index (Phi) is 4.62. The van der Waals surface area contributed by atoms with Gasteiger partial charge in [0.25, 0.3) is 5.91 Å². The van der Waals surface area contributed by atoms with Crippen molar-refractivity contribution >= 4 is 35.3 Å². The van der Waals surface area contributed by atoms with Gasteiger partial charge in [-0.05, 0) is 36.4 Å². The predicted octanol–water partition coefficient (Wildman–Crippen LogP) is 2.95. The molecule has 0 unspecified atom stereocenters. The number of carbonyl (C=O) groups excluding carboxylic acids is 1. The molecule has 0 bridgehead atoms. The second-order valence-electron chi connectivity index (χ2n) is 4.72. The number of amides is 1. The predicted molar refractivity (Wildman–Crippen MR) is 83.1 cm³/mol. The lowest BCUT2D eigenvalue weighted by Crippen LogP contribution is -2.32. The minimum atomic E-state index is -0.00380. The molecular weight excluding hydrogens is 294 g/mol. The Labute approximate surface area is 128 Å². The van der Waals surface area contributed by atoms with Gasteiger partial charge in [0.05, 0.1) is 18.4 Å². The molecule has 1 aliphatic carbocycles. The summed E-state index contributed by atoms with van der Waals surface area (Å²) < 4.78 is 0. The number of thiophene rings is 1. The molecule has 6 heteroatoms. The summed E-state index contributed by atoms with van der Waals surface area (Å²) in [6.07, 6.45) is 3.71. The molecular formula is C14H16ClN3OS. The SMILES string of the molecule is Cl.Nc1ccc(C(=O)N(Cc2cccs2)C2CC2)nc1. The lowest BCUT2D eigenvalue weighted by Gasteiger charge is -2.21. The highest BCUT2D eigenvalue weighted by Gasteiger charge is 2.33. The second kappa shape index (κ2) is 6.24. The zero-order valence-electron chi connectivity index (χ0n) is 10.9. The van der Waals surface area contributed by atoms with E-state index in [0.29, 0.717) is 24.0 Å². The Hall–Kier alpha value is -1.59. The minimum absolute atomic E-state index is 0. The maximum absolute atomic E-state index is 12.5. The molecule has 0 saturated heterocycles. The number of anilines is 1. The van der Waals surface area contributed by atoms with Crippen LogP contribution in [-0.2, 0) is 6.54 Å². The summed E-state index contributed by atoms with van der Waals surface area (Å²) in [5.74, 6) is -0.00380. The van der Waals surface area contributed by atoms with E-state index in [9.17, 15) is 4.79 Å². The summed E-state index contributed by atoms with van der Waals surface area (Å²) >= 11 is 1.68. The lowest BCUT2D eigenvalue weighted by molar-refractivity contribution is 0.0726. The van der Waals surface area contributed by atoms with Crippen LogP contribution in [0, 0.1) is 0 Å². The number of hydrogen-bond donors (Lipinski definition) is 1. The van der Waals surface area contributed by atoms with Gasteiger partial charge in [-0.1, -0.05) is 6.07 Å². The summed E-state index contributed by atoms with van der Waals surface area (Å²) in [6, 6.07) is 7.85. The average molecular weight is 310 g/mol. The van der Waals surface area contributed by atoms with Gasteiger partial charge in [0.15, 0.2) is 0 Å². The van der Waals surface area contributed by atoms with Crippen molar-refractivity contribution in [2.24, 2.45) is 0 Å². The van der Waals surface area contributed by atoms with Crippen LogP contribution in [0.25, 0.3) is 0 Å². The van der Waals surface area contributed by atoms with Crippen molar-refractivity contribution in [3.05, 3.63) is 46.4 Å². The normalized spacial score (nSPS) is 13.6. The van der Waals surface area contributed by atoms with Gasteiger partial charge < -0.3 is 10.6 Å². The molecule has 4 nitrogen and oxygen atoms in total. The number of halogens is 1. The van der Waals surface area contributed by atoms with Gasteiger partial charge in [-0.3, -0.25) is 4.79 Å². The number of rotatable bonds is 4. The van der Waals surface area contributed by atoms with Crippen LogP contribution in [0.15, 0.2) is 35.8 Å². The van der Waals surface area contributed by atoms with Crippen LogP contribution < -0.4 is 5.73 Å². The van der Waals surface area contributed by atoms with Crippen LogP contribution in [0.1, 0.15) is 28.2 Å². The molecule has 106 valence electrons. The second-order valence-corrected chi connectivity index (χ2v) is 5.75. The van der Waals surface area contributed by atoms with Crippen LogP contribution in [-0.4, -0.2) is 21.8 Å². The number of nitrogen functional groups attached to an aromatic ring is 1. The number of nitrogens with two attached hydrogens (primary N) is 1. The molecule has 1 saturated carbocycles. The van der Waals surface area contributed by atoms with E-state index >= 15 is 0 Å². The first kappa shape index (κ1) is 14.8. The smallest absolute Gasteiger partial charge is 0.273 e. The van der Waals surface area contributed by atoms with Gasteiger partial charge in [-0.15, -0.1) is 23.7 Å². The quantitative estimate of drug-likeness (QED) is 0.944. The van der Waals surface area contributed by atoms with E-state index in [2.05, 4.69) is 11.1 Å². The maximum Gasteiger partial charge on any atom is 0.273 e. The van der Waals surface area contributed by atoms with Crippen molar-refractivity contribution in [2.45, 2.75) is 25.4 Å². The van der Waals surface area contributed by atoms with E-state index in [1.165, 1.54) is 11.1 Å². The molecule has 1 aliphatic rings. The molecule has 0 aromatic carbocycles. The molecule has 0 radical (unpaired) electrons. The van der Waals surface area contributed by atoms with E-state index in [4.69, 9.17) is 5.73 Å². The Morgan fingerprint density at radius 3 is 2.75 bits per heavy atom. The summed E-state index contributed by atoms with van der Waals surface area (Å²) in [6.45, 7) is 0.674. The first-order valence-corrected chi connectivity index (χ1v) is 7.17. The maximum atomic E-state index is 12.5. The fourth-order valence-electron chi connectivity index (χ4n) is 2.00. The molecule has 0 spiro atoms. The van der Waals surface area contributed by atoms with Crippen LogP contribution in [0.3, 0.4) is 0 Å². The number of hydrogen-bond acceptors (Lipinski definition) is 4. The van der Waals surface area contributed by atoms with E-state index in [1.54, 1.807) is 23.5 Å². The summed E-state index contributed by atoms with van der Waals surface area (Å²) in [5.41, 5.74) is 6.65. The average Bonchev–Trinajstić information content (AvgIpc) is 3.13. The molecule has 0 aliphatic heterocycles. The summed E-state index contributed by atoms with van der Waals surface area (Å²) in [5, 5.41) is 2.03. The molecule has 2 N–H and O–H groups in total. The molecule has 3 rings (SSSR count). The van der Waals surface area contributed by atoms with E-state index in [1.807, 2.05) is 16.3 Å². The topological polar surface area (TPSA) is 59.2 Å². The van der Waals surface area contributed by atoms with E-state index in [-0.39, 0.29) is 18.3 Å². The summed E-state index contributed by atoms with van der Waals surface area (Å²) in [4.78, 5) is 19.7. The number of nitrogens with zero attached hydrogens (tertiary/aromatic N) is 2. The third-order valence-electron chi connectivity index (χ3n) is 3.16. The molecule has 1 amide bonds. The third-order valence-corrected chi connectivity index (χ3v) is 4.02. The fraction of sp³-hybridized carbons (Fsp3) is 0.286. The van der Waals surface area contributed by atoms with Gasteiger partial charge >= 0.3 is 0 Å². The van der Waals surface area contributed by atoms with Crippen molar-refractivity contribution < 1.29 is 4.79 Å². The van der Waals surface area contributed by atoms with Crippen molar-refractivity contribution in [3.63, 3.8) is 0 Å². The molecule has 2 heterocycles. The van der Waals surface area contributed by atoms with Crippen molar-refractivity contribution in [2.75, 3.05) is 5.73 Å². The van der Waals surface area contributed by atoms with Crippen molar-refractivity contribution in [3.8, 4) is 0 Å². The molecule has 0 atom stereocenters. The Morgan fingerprint density at radius 1 is 1.40 bits per heavy atom. The minimum Gasteiger partial charge on any atom is -0.397 e. The largest absolute Gasteiger partial charge is 0.397 e. The van der Waals surface area contributed by atoms with E-state index < -0.39 is 0 Å². The highest BCUT2D eigenvalue weighted by atomic mass is 35.5. The monoisotopic (exact) mass is 309 g/mol. The van der Waals surface area contributed by atoms with Crippen molar-refractivity contribution in [1.82, 2.24) is 9.88 Å². The zero-order valence-corrected chi connectivity index (χ0v) is 12.5. The van der Waals surface area contributed by atoms with Crippen LogP contribution in [0.5, 0.6) is 0 Å². The highest BCUT2D eigenvalue weighted by Crippen LogP contribution is 2.30. The third kappa shape index (κ3) is 3.29. The first-order chi connectivity index (χ1) is 9.24. The Morgan fingerprint density at radius 2 is 2.20 bits per heavy atom. The van der Waals surface area contributed by atoms with Crippen molar-refractivity contribution in [1.29, 1.82) is 0 Å². The van der Waals surface area contributed by atoms with Crippen LogP contribution in [0.4, 0.5) is 5.69 Å². The van der Waals surface area contributed by atoms with Gasteiger partial charge in [0.2, 0.25) is 0 Å². The standard InChI is InChI=1S/C14H15N3OS.ClH/c15-10-3-6-13(16-8-10)14(18)17(11-4-5-11)9-12-2-1-7-19-12;/h1-3,6-8,11H,4-5,9,15H2;1H. The lowest BCUT2D eigenvalue weighted by atomic mass is 10.3. The van der Waals surface area contributed by atoms with Crippen LogP contribution >= 0.6 is 23.7 Å². The molecule has 20 heavy (non-hydrogen) atoms. The summed E-state index contributed by atoms with van der Waals surface area (Å²) in [7, 11) is 0. The van der Waals surface area contributed by atoms with Gasteiger partial charge in [-0.25, -0.2) is 4.98 Å². The van der Waals surface area contributed by atoms with Gasteiger partial charge in [0.1, 0.15) is 5.69 Å².